The van der Waals surface area contributed by atoms with Crippen LogP contribution in [0.3, 0.4) is 0 Å². The van der Waals surface area contributed by atoms with Gasteiger partial charge in [0.25, 0.3) is 0 Å². The van der Waals surface area contributed by atoms with Crippen molar-refractivity contribution < 1.29 is 0 Å². The van der Waals surface area contributed by atoms with Gasteiger partial charge < -0.3 is 4.90 Å². The first-order valence-corrected chi connectivity index (χ1v) is 8.95. The normalized spacial score (nSPS) is 23.9. The number of thiophene rings is 1. The van der Waals surface area contributed by atoms with Gasteiger partial charge in [-0.3, -0.25) is 4.90 Å². The van der Waals surface area contributed by atoms with E-state index in [1.54, 1.807) is 6.20 Å². The molecule has 2 aromatic heterocycles. The molecule has 0 aromatic carbocycles. The molecule has 2 saturated heterocycles. The molecule has 4 rings (SSSR count). The molecule has 0 saturated carbocycles. The molecular formula is C18H20N4S. The zero-order valence-corrected chi connectivity index (χ0v) is 14.1. The predicted molar refractivity (Wildman–Crippen MR) is 92.5 cm³/mol. The van der Waals surface area contributed by atoms with Gasteiger partial charge in [-0.05, 0) is 50.1 Å². The first kappa shape index (κ1) is 14.7. The quantitative estimate of drug-likeness (QED) is 0.870. The number of hydrogen-bond acceptors (Lipinski definition) is 5. The van der Waals surface area contributed by atoms with Gasteiger partial charge in [0.2, 0.25) is 0 Å². The molecule has 0 radical (unpaired) electrons. The molecule has 4 heterocycles. The standard InChI is InChI=1S/C18H20N4S/c1-13-2-4-16(23-13)11-21-7-6-15-10-22(12-17(15)21)18-5-3-14(8-19)9-20-18/h2-5,9,15,17H,6-7,10-12H2,1H3. The van der Waals surface area contributed by atoms with Crippen LogP contribution in [0.2, 0.25) is 0 Å². The Morgan fingerprint density at radius 1 is 1.30 bits per heavy atom. The van der Waals surface area contributed by atoms with Crippen molar-refractivity contribution in [3.05, 3.63) is 45.8 Å². The number of nitrogens with zero attached hydrogens (tertiary/aromatic N) is 4. The number of rotatable bonds is 3. The average molecular weight is 324 g/mol. The van der Waals surface area contributed by atoms with Gasteiger partial charge in [0, 0.05) is 41.6 Å². The van der Waals surface area contributed by atoms with Crippen LogP contribution in [-0.4, -0.2) is 35.6 Å². The van der Waals surface area contributed by atoms with E-state index in [1.165, 1.54) is 22.7 Å². The van der Waals surface area contributed by atoms with Crippen LogP contribution in [0.1, 0.15) is 21.7 Å². The lowest BCUT2D eigenvalue weighted by molar-refractivity contribution is 0.248. The molecule has 2 aliphatic heterocycles. The minimum absolute atomic E-state index is 0.628. The molecule has 0 amide bonds. The zero-order valence-electron chi connectivity index (χ0n) is 13.3. The molecule has 4 nitrogen and oxygen atoms in total. The van der Waals surface area contributed by atoms with Crippen LogP contribution in [0.5, 0.6) is 0 Å². The molecular weight excluding hydrogens is 304 g/mol. The molecule has 0 bridgehead atoms. The fourth-order valence-corrected chi connectivity index (χ4v) is 4.76. The van der Waals surface area contributed by atoms with Crippen LogP contribution >= 0.6 is 11.3 Å². The molecule has 2 fully saturated rings. The SMILES string of the molecule is Cc1ccc(CN2CCC3CN(c4ccc(C#N)cn4)CC32)s1. The van der Waals surface area contributed by atoms with Crippen molar-refractivity contribution in [1.29, 1.82) is 5.26 Å². The van der Waals surface area contributed by atoms with Crippen molar-refractivity contribution >= 4 is 17.2 Å². The lowest BCUT2D eigenvalue weighted by Crippen LogP contribution is -2.34. The molecule has 2 atom stereocenters. The molecule has 2 aromatic rings. The zero-order chi connectivity index (χ0) is 15.8. The Morgan fingerprint density at radius 3 is 2.91 bits per heavy atom. The number of pyridine rings is 1. The van der Waals surface area contributed by atoms with E-state index in [9.17, 15) is 0 Å². The van der Waals surface area contributed by atoms with Gasteiger partial charge >= 0.3 is 0 Å². The van der Waals surface area contributed by atoms with E-state index in [2.05, 4.69) is 39.9 Å². The summed E-state index contributed by atoms with van der Waals surface area (Å²) < 4.78 is 0. The summed E-state index contributed by atoms with van der Waals surface area (Å²) in [5, 5.41) is 8.89. The number of aromatic nitrogens is 1. The highest BCUT2D eigenvalue weighted by Crippen LogP contribution is 2.35. The minimum atomic E-state index is 0.628. The average Bonchev–Trinajstić information content (AvgIpc) is 3.25. The first-order valence-electron chi connectivity index (χ1n) is 8.13. The van der Waals surface area contributed by atoms with Crippen LogP contribution in [0.25, 0.3) is 0 Å². The summed E-state index contributed by atoms with van der Waals surface area (Å²) in [5.74, 6) is 1.75. The van der Waals surface area contributed by atoms with Gasteiger partial charge in [-0.15, -0.1) is 11.3 Å². The van der Waals surface area contributed by atoms with Crippen molar-refractivity contribution in [2.45, 2.75) is 25.9 Å². The van der Waals surface area contributed by atoms with Crippen LogP contribution in [0.4, 0.5) is 5.82 Å². The maximum Gasteiger partial charge on any atom is 0.128 e. The number of fused-ring (bicyclic) bond motifs is 1. The largest absolute Gasteiger partial charge is 0.355 e. The summed E-state index contributed by atoms with van der Waals surface area (Å²) in [6, 6.07) is 11.1. The third-order valence-electron chi connectivity index (χ3n) is 5.02. The predicted octanol–water partition coefficient (Wildman–Crippen LogP) is 3.03. The highest BCUT2D eigenvalue weighted by molar-refractivity contribution is 7.11. The van der Waals surface area contributed by atoms with Gasteiger partial charge in [-0.25, -0.2) is 4.98 Å². The summed E-state index contributed by atoms with van der Waals surface area (Å²) in [5.41, 5.74) is 0.628. The lowest BCUT2D eigenvalue weighted by atomic mass is 10.1. The lowest BCUT2D eigenvalue weighted by Gasteiger charge is -2.24. The molecule has 0 spiro atoms. The van der Waals surface area contributed by atoms with E-state index >= 15 is 0 Å². The van der Waals surface area contributed by atoms with Gasteiger partial charge in [0.15, 0.2) is 0 Å². The van der Waals surface area contributed by atoms with Crippen molar-refractivity contribution in [2.24, 2.45) is 5.92 Å². The molecule has 0 N–H and O–H groups in total. The Morgan fingerprint density at radius 2 is 2.22 bits per heavy atom. The van der Waals surface area contributed by atoms with Crippen molar-refractivity contribution in [2.75, 3.05) is 24.5 Å². The number of likely N-dealkylation sites (tertiary alicyclic amines) is 1. The minimum Gasteiger partial charge on any atom is -0.355 e. The van der Waals surface area contributed by atoms with E-state index in [0.717, 1.165) is 31.4 Å². The molecule has 0 aliphatic carbocycles. The maximum absolute atomic E-state index is 8.89. The topological polar surface area (TPSA) is 43.2 Å². The third-order valence-corrected chi connectivity index (χ3v) is 6.00. The molecule has 5 heteroatoms. The summed E-state index contributed by atoms with van der Waals surface area (Å²) >= 11 is 1.91. The van der Waals surface area contributed by atoms with Crippen LogP contribution in [-0.2, 0) is 6.54 Å². The van der Waals surface area contributed by atoms with E-state index < -0.39 is 0 Å². The first-order chi connectivity index (χ1) is 11.2. The highest BCUT2D eigenvalue weighted by atomic mass is 32.1. The van der Waals surface area contributed by atoms with Gasteiger partial charge in [0.1, 0.15) is 11.9 Å². The summed E-state index contributed by atoms with van der Waals surface area (Å²) in [6.07, 6.45) is 2.96. The Balaban J connectivity index is 1.45. The number of hydrogen-bond donors (Lipinski definition) is 0. The smallest absolute Gasteiger partial charge is 0.128 e. The summed E-state index contributed by atoms with van der Waals surface area (Å²) in [4.78, 5) is 12.3. The molecule has 23 heavy (non-hydrogen) atoms. The van der Waals surface area contributed by atoms with Crippen LogP contribution in [0, 0.1) is 24.2 Å². The van der Waals surface area contributed by atoms with E-state index in [-0.39, 0.29) is 0 Å². The Labute approximate surface area is 141 Å². The maximum atomic E-state index is 8.89. The molecule has 2 aliphatic rings. The Kier molecular flexibility index (Phi) is 3.80. The second kappa shape index (κ2) is 5.95. The summed E-state index contributed by atoms with van der Waals surface area (Å²) in [6.45, 7) is 6.60. The van der Waals surface area contributed by atoms with Crippen molar-refractivity contribution in [3.8, 4) is 6.07 Å². The monoisotopic (exact) mass is 324 g/mol. The second-order valence-electron chi connectivity index (χ2n) is 6.52. The fourth-order valence-electron chi connectivity index (χ4n) is 3.84. The van der Waals surface area contributed by atoms with Crippen molar-refractivity contribution in [3.63, 3.8) is 0 Å². The van der Waals surface area contributed by atoms with Crippen LogP contribution < -0.4 is 4.90 Å². The van der Waals surface area contributed by atoms with E-state index in [1.807, 2.05) is 23.5 Å². The van der Waals surface area contributed by atoms with Crippen LogP contribution in [0.15, 0.2) is 30.5 Å². The van der Waals surface area contributed by atoms with Crippen molar-refractivity contribution in [1.82, 2.24) is 9.88 Å². The number of aryl methyl sites for hydroxylation is 1. The van der Waals surface area contributed by atoms with Gasteiger partial charge in [0.05, 0.1) is 5.56 Å². The second-order valence-corrected chi connectivity index (χ2v) is 7.89. The van der Waals surface area contributed by atoms with Gasteiger partial charge in [-0.1, -0.05) is 0 Å². The van der Waals surface area contributed by atoms with E-state index in [0.29, 0.717) is 11.6 Å². The Hall–Kier alpha value is -1.90. The number of anilines is 1. The van der Waals surface area contributed by atoms with Gasteiger partial charge in [-0.2, -0.15) is 5.26 Å². The highest BCUT2D eigenvalue weighted by Gasteiger charge is 2.41. The Bertz CT molecular complexity index is 730. The van der Waals surface area contributed by atoms with E-state index in [4.69, 9.17) is 5.26 Å². The molecule has 118 valence electrons. The molecule has 2 unspecified atom stereocenters. The third kappa shape index (κ3) is 2.85. The number of nitriles is 1. The summed E-state index contributed by atoms with van der Waals surface area (Å²) in [7, 11) is 0. The fraction of sp³-hybridized carbons (Fsp3) is 0.444.